The van der Waals surface area contributed by atoms with E-state index in [-0.39, 0.29) is 6.54 Å². The lowest BCUT2D eigenvalue weighted by molar-refractivity contribution is -0.151. The number of carbonyl (C=O) groups excluding carboxylic acids is 2. The molecule has 138 valence electrons. The number of hydrogen-bond donors (Lipinski definition) is 1. The van der Waals surface area contributed by atoms with E-state index in [0.29, 0.717) is 11.6 Å². The maximum atomic E-state index is 12.4. The molecule has 1 amide bonds. The zero-order valence-corrected chi connectivity index (χ0v) is 15.1. The third kappa shape index (κ3) is 4.58. The summed E-state index contributed by atoms with van der Waals surface area (Å²) in [5, 5.41) is 4.76. The first-order chi connectivity index (χ1) is 13.0. The summed E-state index contributed by atoms with van der Waals surface area (Å²) >= 11 is 0. The minimum absolute atomic E-state index is 0.0596. The van der Waals surface area contributed by atoms with E-state index >= 15 is 0 Å². The van der Waals surface area contributed by atoms with Gasteiger partial charge in [-0.3, -0.25) is 9.59 Å². The number of nitrogens with zero attached hydrogens (tertiary/aromatic N) is 3. The van der Waals surface area contributed by atoms with Crippen LogP contribution in [0.2, 0.25) is 0 Å². The molecule has 0 spiro atoms. The fourth-order valence-electron chi connectivity index (χ4n) is 2.61. The SMILES string of the molecule is CC(OC(=O)CN(C)c1ncccn1)C(=O)Nc1cccc2ccccc12. The Kier molecular flexibility index (Phi) is 5.61. The molecule has 0 fully saturated rings. The van der Waals surface area contributed by atoms with Crippen molar-refractivity contribution in [1.29, 1.82) is 0 Å². The molecule has 7 heteroatoms. The third-order valence-corrected chi connectivity index (χ3v) is 3.98. The summed E-state index contributed by atoms with van der Waals surface area (Å²) in [4.78, 5) is 34.2. The van der Waals surface area contributed by atoms with Crippen molar-refractivity contribution in [3.63, 3.8) is 0 Å². The van der Waals surface area contributed by atoms with E-state index in [2.05, 4.69) is 15.3 Å². The first kappa shape index (κ1) is 18.3. The summed E-state index contributed by atoms with van der Waals surface area (Å²) in [6.07, 6.45) is 2.25. The van der Waals surface area contributed by atoms with E-state index in [1.807, 2.05) is 42.5 Å². The summed E-state index contributed by atoms with van der Waals surface area (Å²) in [5.41, 5.74) is 0.677. The van der Waals surface area contributed by atoms with Crippen LogP contribution in [0.25, 0.3) is 10.8 Å². The Bertz CT molecular complexity index is 941. The average Bonchev–Trinajstić information content (AvgIpc) is 2.68. The number of amides is 1. The van der Waals surface area contributed by atoms with E-state index < -0.39 is 18.0 Å². The van der Waals surface area contributed by atoms with E-state index in [4.69, 9.17) is 4.74 Å². The van der Waals surface area contributed by atoms with Crippen LogP contribution in [-0.2, 0) is 14.3 Å². The van der Waals surface area contributed by atoms with Crippen molar-refractivity contribution in [2.45, 2.75) is 13.0 Å². The highest BCUT2D eigenvalue weighted by molar-refractivity contribution is 6.03. The van der Waals surface area contributed by atoms with Crippen molar-refractivity contribution >= 4 is 34.3 Å². The van der Waals surface area contributed by atoms with Gasteiger partial charge in [0.05, 0.1) is 0 Å². The molecular weight excluding hydrogens is 344 g/mol. The van der Waals surface area contributed by atoms with Gasteiger partial charge < -0.3 is 15.0 Å². The number of hydrogen-bond acceptors (Lipinski definition) is 6. The monoisotopic (exact) mass is 364 g/mol. The van der Waals surface area contributed by atoms with E-state index in [9.17, 15) is 9.59 Å². The molecule has 1 N–H and O–H groups in total. The summed E-state index contributed by atoms with van der Waals surface area (Å²) < 4.78 is 5.24. The van der Waals surface area contributed by atoms with Crippen molar-refractivity contribution in [1.82, 2.24) is 9.97 Å². The molecular formula is C20H20N4O3. The number of aromatic nitrogens is 2. The highest BCUT2D eigenvalue weighted by atomic mass is 16.5. The minimum atomic E-state index is -0.929. The van der Waals surface area contributed by atoms with Gasteiger partial charge in [-0.2, -0.15) is 0 Å². The largest absolute Gasteiger partial charge is 0.451 e. The van der Waals surface area contributed by atoms with Crippen LogP contribution in [0.15, 0.2) is 60.9 Å². The number of fused-ring (bicyclic) bond motifs is 1. The molecule has 7 nitrogen and oxygen atoms in total. The lowest BCUT2D eigenvalue weighted by atomic mass is 10.1. The molecule has 0 radical (unpaired) electrons. The Hall–Kier alpha value is -3.48. The van der Waals surface area contributed by atoms with Gasteiger partial charge in [-0.25, -0.2) is 9.97 Å². The number of esters is 1. The molecule has 1 aromatic heterocycles. The van der Waals surface area contributed by atoms with Gasteiger partial charge in [0.25, 0.3) is 5.91 Å². The van der Waals surface area contributed by atoms with Crippen LogP contribution in [0.3, 0.4) is 0 Å². The van der Waals surface area contributed by atoms with E-state index in [1.165, 1.54) is 6.92 Å². The van der Waals surface area contributed by atoms with Gasteiger partial charge in [0.2, 0.25) is 5.95 Å². The number of nitrogens with one attached hydrogen (secondary N) is 1. The van der Waals surface area contributed by atoms with Crippen LogP contribution in [-0.4, -0.2) is 41.5 Å². The summed E-state index contributed by atoms with van der Waals surface area (Å²) in [7, 11) is 1.68. The number of carbonyl (C=O) groups is 2. The molecule has 0 saturated heterocycles. The first-order valence-corrected chi connectivity index (χ1v) is 8.51. The van der Waals surface area contributed by atoms with Crippen molar-refractivity contribution < 1.29 is 14.3 Å². The molecule has 3 aromatic rings. The van der Waals surface area contributed by atoms with Gasteiger partial charge in [0.1, 0.15) is 6.54 Å². The van der Waals surface area contributed by atoms with Gasteiger partial charge in [0, 0.05) is 30.5 Å². The number of anilines is 2. The van der Waals surface area contributed by atoms with Crippen molar-refractivity contribution in [3.8, 4) is 0 Å². The fourth-order valence-corrected chi connectivity index (χ4v) is 2.61. The molecule has 0 aliphatic heterocycles. The molecule has 0 aliphatic rings. The second-order valence-corrected chi connectivity index (χ2v) is 6.05. The van der Waals surface area contributed by atoms with Crippen LogP contribution in [0, 0.1) is 0 Å². The lowest BCUT2D eigenvalue weighted by Crippen LogP contribution is -2.35. The number of rotatable bonds is 6. The van der Waals surface area contributed by atoms with Gasteiger partial charge >= 0.3 is 5.97 Å². The van der Waals surface area contributed by atoms with Crippen LogP contribution in [0.4, 0.5) is 11.6 Å². The van der Waals surface area contributed by atoms with Crippen LogP contribution >= 0.6 is 0 Å². The number of ether oxygens (including phenoxy) is 1. The zero-order valence-electron chi connectivity index (χ0n) is 15.1. The van der Waals surface area contributed by atoms with Crippen LogP contribution < -0.4 is 10.2 Å². The summed E-state index contributed by atoms with van der Waals surface area (Å²) in [6.45, 7) is 1.48. The zero-order chi connectivity index (χ0) is 19.2. The van der Waals surface area contributed by atoms with Gasteiger partial charge in [-0.15, -0.1) is 0 Å². The molecule has 0 bridgehead atoms. The highest BCUT2D eigenvalue weighted by Crippen LogP contribution is 2.23. The van der Waals surface area contributed by atoms with Crippen LogP contribution in [0.5, 0.6) is 0 Å². The molecule has 1 heterocycles. The molecule has 1 atom stereocenters. The fraction of sp³-hybridized carbons (Fsp3) is 0.200. The quantitative estimate of drug-likeness (QED) is 0.677. The summed E-state index contributed by atoms with van der Waals surface area (Å²) in [6, 6.07) is 15.1. The average molecular weight is 364 g/mol. The highest BCUT2D eigenvalue weighted by Gasteiger charge is 2.20. The number of benzene rings is 2. The van der Waals surface area contributed by atoms with Gasteiger partial charge in [0.15, 0.2) is 6.10 Å². The predicted molar refractivity (Wildman–Crippen MR) is 103 cm³/mol. The predicted octanol–water partition coefficient (Wildman–Crippen LogP) is 2.64. The molecule has 27 heavy (non-hydrogen) atoms. The summed E-state index contributed by atoms with van der Waals surface area (Å²) in [5.74, 6) is -0.522. The topological polar surface area (TPSA) is 84.4 Å². The Morgan fingerprint density at radius 3 is 2.56 bits per heavy atom. The smallest absolute Gasteiger partial charge is 0.326 e. The van der Waals surface area contributed by atoms with Gasteiger partial charge in [-0.05, 0) is 24.4 Å². The maximum absolute atomic E-state index is 12.4. The van der Waals surface area contributed by atoms with Crippen molar-refractivity contribution in [3.05, 3.63) is 60.9 Å². The normalized spacial score (nSPS) is 11.6. The molecule has 2 aromatic carbocycles. The molecule has 1 unspecified atom stereocenters. The third-order valence-electron chi connectivity index (χ3n) is 3.98. The maximum Gasteiger partial charge on any atom is 0.326 e. The van der Waals surface area contributed by atoms with Crippen molar-refractivity contribution in [2.75, 3.05) is 23.8 Å². The lowest BCUT2D eigenvalue weighted by Gasteiger charge is -2.18. The van der Waals surface area contributed by atoms with Crippen LogP contribution in [0.1, 0.15) is 6.92 Å². The standard InChI is InChI=1S/C20H20N4O3/c1-14(27-18(25)13-24(2)20-21-11-6-12-22-20)19(26)23-17-10-5-8-15-7-3-4-9-16(15)17/h3-12,14H,13H2,1-2H3,(H,23,26). The molecule has 3 rings (SSSR count). The Labute approximate surface area is 157 Å². The number of likely N-dealkylation sites (N-methyl/N-ethyl adjacent to an activating group) is 1. The second kappa shape index (κ2) is 8.27. The van der Waals surface area contributed by atoms with E-state index in [1.54, 1.807) is 30.4 Å². The first-order valence-electron chi connectivity index (χ1n) is 8.51. The molecule has 0 saturated carbocycles. The van der Waals surface area contributed by atoms with Gasteiger partial charge in [-0.1, -0.05) is 36.4 Å². The minimum Gasteiger partial charge on any atom is -0.451 e. The Morgan fingerprint density at radius 2 is 1.78 bits per heavy atom. The van der Waals surface area contributed by atoms with E-state index in [0.717, 1.165) is 10.8 Å². The Morgan fingerprint density at radius 1 is 1.07 bits per heavy atom. The second-order valence-electron chi connectivity index (χ2n) is 6.05. The molecule has 0 aliphatic carbocycles. The Balaban J connectivity index is 1.59. The van der Waals surface area contributed by atoms with Crippen molar-refractivity contribution in [2.24, 2.45) is 0 Å².